The van der Waals surface area contributed by atoms with Crippen molar-refractivity contribution in [2.24, 2.45) is 5.92 Å². The van der Waals surface area contributed by atoms with Crippen LogP contribution in [0.25, 0.3) is 0 Å². The van der Waals surface area contributed by atoms with Crippen LogP contribution in [0.2, 0.25) is 0 Å². The molecule has 1 heterocycles. The van der Waals surface area contributed by atoms with Gasteiger partial charge < -0.3 is 10.2 Å². The van der Waals surface area contributed by atoms with Crippen LogP contribution in [-0.4, -0.2) is 48.1 Å². The van der Waals surface area contributed by atoms with Crippen molar-refractivity contribution in [2.45, 2.75) is 69.7 Å². The number of piperidine rings is 1. The number of thioether (sulfide) groups is 1. The lowest BCUT2D eigenvalue weighted by Crippen LogP contribution is -2.48. The fraction of sp³-hybridized carbons (Fsp3) is 1.00. The number of likely N-dealkylation sites (tertiary alicyclic amines) is 1. The summed E-state index contributed by atoms with van der Waals surface area (Å²) < 4.78 is 0. The molecule has 0 bridgehead atoms. The highest BCUT2D eigenvalue weighted by Crippen LogP contribution is 2.28. The summed E-state index contributed by atoms with van der Waals surface area (Å²) in [5.74, 6) is 0.864. The van der Waals surface area contributed by atoms with Gasteiger partial charge in [0.25, 0.3) is 0 Å². The highest BCUT2D eigenvalue weighted by molar-refractivity contribution is 7.99. The molecule has 1 aliphatic heterocycles. The molecule has 3 heteroatoms. The monoisotopic (exact) mass is 284 g/mol. The second-order valence-electron chi connectivity index (χ2n) is 6.47. The molecule has 0 aromatic heterocycles. The molecule has 0 radical (unpaired) electrons. The van der Waals surface area contributed by atoms with Crippen LogP contribution in [-0.2, 0) is 0 Å². The molecule has 2 rings (SSSR count). The lowest BCUT2D eigenvalue weighted by molar-refractivity contribution is 0.149. The van der Waals surface area contributed by atoms with Gasteiger partial charge in [0, 0.05) is 23.9 Å². The number of hydrogen-bond acceptors (Lipinski definition) is 3. The molecular formula is C16H32N2S. The minimum atomic E-state index is 0.694. The van der Waals surface area contributed by atoms with E-state index in [-0.39, 0.29) is 0 Å². The van der Waals surface area contributed by atoms with Gasteiger partial charge in [0.05, 0.1) is 0 Å². The Hall–Kier alpha value is 0.270. The van der Waals surface area contributed by atoms with Gasteiger partial charge in [-0.25, -0.2) is 0 Å². The van der Waals surface area contributed by atoms with E-state index in [1.165, 1.54) is 58.2 Å². The Labute approximate surface area is 124 Å². The molecule has 4 atom stereocenters. The zero-order valence-corrected chi connectivity index (χ0v) is 13.8. The van der Waals surface area contributed by atoms with Crippen LogP contribution >= 0.6 is 11.8 Å². The highest BCUT2D eigenvalue weighted by atomic mass is 32.2. The van der Waals surface area contributed by atoms with E-state index in [2.05, 4.69) is 42.1 Å². The van der Waals surface area contributed by atoms with Crippen molar-refractivity contribution in [3.63, 3.8) is 0 Å². The van der Waals surface area contributed by atoms with Gasteiger partial charge in [0.2, 0.25) is 0 Å². The molecule has 1 saturated carbocycles. The molecule has 2 fully saturated rings. The number of rotatable bonds is 5. The van der Waals surface area contributed by atoms with Crippen LogP contribution in [0.15, 0.2) is 0 Å². The fourth-order valence-electron chi connectivity index (χ4n) is 3.80. The first-order valence-corrected chi connectivity index (χ1v) is 9.53. The van der Waals surface area contributed by atoms with E-state index in [4.69, 9.17) is 0 Å². The van der Waals surface area contributed by atoms with Gasteiger partial charge in [-0.05, 0) is 64.3 Å². The molecule has 0 amide bonds. The maximum atomic E-state index is 3.96. The molecule has 4 unspecified atom stereocenters. The first-order chi connectivity index (χ1) is 9.22. The quantitative estimate of drug-likeness (QED) is 0.833. The summed E-state index contributed by atoms with van der Waals surface area (Å²) in [5, 5.41) is 4.86. The van der Waals surface area contributed by atoms with E-state index in [1.807, 2.05) is 0 Å². The van der Waals surface area contributed by atoms with Crippen LogP contribution < -0.4 is 5.32 Å². The predicted octanol–water partition coefficient (Wildman–Crippen LogP) is 3.37. The molecule has 2 nitrogen and oxygen atoms in total. The molecule has 1 N–H and O–H groups in total. The van der Waals surface area contributed by atoms with Crippen LogP contribution in [0.3, 0.4) is 0 Å². The van der Waals surface area contributed by atoms with E-state index >= 15 is 0 Å². The zero-order chi connectivity index (χ0) is 13.7. The summed E-state index contributed by atoms with van der Waals surface area (Å²) >= 11 is 2.07. The normalized spacial score (nSPS) is 35.2. The number of nitrogens with zero attached hydrogens (tertiary/aromatic N) is 1. The van der Waals surface area contributed by atoms with Gasteiger partial charge in [-0.1, -0.05) is 13.3 Å². The summed E-state index contributed by atoms with van der Waals surface area (Å²) in [6, 6.07) is 1.47. The van der Waals surface area contributed by atoms with E-state index in [0.29, 0.717) is 6.04 Å². The maximum absolute atomic E-state index is 3.96. The third-order valence-electron chi connectivity index (χ3n) is 5.15. The SMILES string of the molecule is CCN1CCCC(C(C)NC2CCCC(SC)C2)C1. The Balaban J connectivity index is 1.77. The first kappa shape index (κ1) is 15.7. The molecule has 0 spiro atoms. The van der Waals surface area contributed by atoms with Crippen molar-refractivity contribution < 1.29 is 0 Å². The fourth-order valence-corrected chi connectivity index (χ4v) is 4.63. The van der Waals surface area contributed by atoms with Crippen molar-refractivity contribution in [1.82, 2.24) is 10.2 Å². The molecule has 112 valence electrons. The molecule has 19 heavy (non-hydrogen) atoms. The van der Waals surface area contributed by atoms with Gasteiger partial charge >= 0.3 is 0 Å². The van der Waals surface area contributed by atoms with Gasteiger partial charge in [0.1, 0.15) is 0 Å². The van der Waals surface area contributed by atoms with Crippen LogP contribution in [0.5, 0.6) is 0 Å². The molecular weight excluding hydrogens is 252 g/mol. The molecule has 1 aliphatic carbocycles. The van der Waals surface area contributed by atoms with Crippen molar-refractivity contribution in [3.05, 3.63) is 0 Å². The predicted molar refractivity (Wildman–Crippen MR) is 87.0 cm³/mol. The minimum absolute atomic E-state index is 0.694. The summed E-state index contributed by atoms with van der Waals surface area (Å²) in [5.41, 5.74) is 0. The molecule has 2 aliphatic rings. The Morgan fingerprint density at radius 3 is 2.84 bits per heavy atom. The highest BCUT2D eigenvalue weighted by Gasteiger charge is 2.27. The van der Waals surface area contributed by atoms with Gasteiger partial charge in [-0.15, -0.1) is 0 Å². The van der Waals surface area contributed by atoms with Crippen molar-refractivity contribution in [1.29, 1.82) is 0 Å². The Bertz CT molecular complexity index is 259. The van der Waals surface area contributed by atoms with E-state index < -0.39 is 0 Å². The maximum Gasteiger partial charge on any atom is 0.00818 e. The second-order valence-corrected chi connectivity index (χ2v) is 7.61. The first-order valence-electron chi connectivity index (χ1n) is 8.24. The molecule has 0 aromatic rings. The van der Waals surface area contributed by atoms with Crippen LogP contribution in [0.1, 0.15) is 52.4 Å². The lowest BCUT2D eigenvalue weighted by Gasteiger charge is -2.38. The van der Waals surface area contributed by atoms with E-state index in [0.717, 1.165) is 17.2 Å². The molecule has 1 saturated heterocycles. The summed E-state index contributed by atoms with van der Waals surface area (Å²) in [4.78, 5) is 2.62. The van der Waals surface area contributed by atoms with Gasteiger partial charge in [-0.2, -0.15) is 11.8 Å². The average molecular weight is 285 g/mol. The van der Waals surface area contributed by atoms with Crippen molar-refractivity contribution in [3.8, 4) is 0 Å². The standard InChI is InChI=1S/C16H32N2S/c1-4-18-10-6-7-14(12-18)13(2)17-15-8-5-9-16(11-15)19-3/h13-17H,4-12H2,1-3H3. The zero-order valence-electron chi connectivity index (χ0n) is 13.0. The average Bonchev–Trinajstić information content (AvgIpc) is 2.47. The second kappa shape index (κ2) is 7.90. The third-order valence-corrected chi connectivity index (χ3v) is 6.25. The van der Waals surface area contributed by atoms with Crippen LogP contribution in [0, 0.1) is 5.92 Å². The number of hydrogen-bond donors (Lipinski definition) is 1. The smallest absolute Gasteiger partial charge is 0.00818 e. The van der Waals surface area contributed by atoms with Crippen molar-refractivity contribution in [2.75, 3.05) is 25.9 Å². The van der Waals surface area contributed by atoms with Gasteiger partial charge in [-0.3, -0.25) is 0 Å². The largest absolute Gasteiger partial charge is 0.311 e. The lowest BCUT2D eigenvalue weighted by atomic mass is 9.89. The third kappa shape index (κ3) is 4.64. The topological polar surface area (TPSA) is 15.3 Å². The summed E-state index contributed by atoms with van der Waals surface area (Å²) in [6.45, 7) is 8.57. The van der Waals surface area contributed by atoms with E-state index in [1.54, 1.807) is 0 Å². The van der Waals surface area contributed by atoms with Gasteiger partial charge in [0.15, 0.2) is 0 Å². The number of nitrogens with one attached hydrogen (secondary N) is 1. The van der Waals surface area contributed by atoms with Crippen LogP contribution in [0.4, 0.5) is 0 Å². The van der Waals surface area contributed by atoms with E-state index in [9.17, 15) is 0 Å². The Morgan fingerprint density at radius 1 is 1.26 bits per heavy atom. The summed E-state index contributed by atoms with van der Waals surface area (Å²) in [6.07, 6.45) is 10.7. The Kier molecular flexibility index (Phi) is 6.51. The summed E-state index contributed by atoms with van der Waals surface area (Å²) in [7, 11) is 0. The Morgan fingerprint density at radius 2 is 2.11 bits per heavy atom. The van der Waals surface area contributed by atoms with Crippen molar-refractivity contribution >= 4 is 11.8 Å². The molecule has 0 aromatic carbocycles. The minimum Gasteiger partial charge on any atom is -0.311 e.